The molecule has 0 aliphatic heterocycles. The Balaban J connectivity index is 0.00000196. The molecule has 1 aromatic carbocycles. The molecule has 0 bridgehead atoms. The van der Waals surface area contributed by atoms with Crippen molar-refractivity contribution >= 4 is 69.7 Å². The number of thiol groups is 1. The molecule has 0 heterocycles. The van der Waals surface area contributed by atoms with Crippen LogP contribution < -0.4 is 40.2 Å². The van der Waals surface area contributed by atoms with Crippen molar-refractivity contribution in [3.05, 3.63) is 24.3 Å². The Morgan fingerprint density at radius 1 is 1.07 bits per heavy atom. The van der Waals surface area contributed by atoms with Gasteiger partial charge in [0.05, 0.1) is 0 Å². The summed E-state index contributed by atoms with van der Waals surface area (Å²) in [6.45, 7) is 0. The number of anilines is 2. The minimum atomic E-state index is 0. The second kappa shape index (κ2) is 7.78. The number of benzene rings is 1. The molecule has 0 spiro atoms. The van der Waals surface area contributed by atoms with E-state index in [2.05, 4.69) is 23.3 Å². The second-order valence-electron chi connectivity index (χ2n) is 2.42. The van der Waals surface area contributed by atoms with Crippen LogP contribution in [-0.4, -0.2) is 8.64 Å². The maximum Gasteiger partial charge on any atom is 1.00 e. The van der Waals surface area contributed by atoms with E-state index in [1.54, 1.807) is 0 Å². The van der Waals surface area contributed by atoms with Crippen LogP contribution in [0.15, 0.2) is 24.3 Å². The average Bonchev–Trinajstić information content (AvgIpc) is 2.06. The molecule has 1 aromatic rings. The van der Waals surface area contributed by atoms with Gasteiger partial charge in [-0.05, 0) is 24.3 Å². The Morgan fingerprint density at radius 2 is 1.47 bits per heavy atom. The van der Waals surface area contributed by atoms with Gasteiger partial charge in [-0.2, -0.15) is 0 Å². The molecule has 0 amide bonds. The number of rotatable bonds is 2. The number of hydrogen-bond donors (Lipinski definition) is 3. The van der Waals surface area contributed by atoms with E-state index in [9.17, 15) is 0 Å². The molecule has 2 nitrogen and oxygen atoms in total. The summed E-state index contributed by atoms with van der Waals surface area (Å²) in [4.78, 5) is 0. The first-order chi connectivity index (χ1) is 6.58. The number of thiocarbonyl (C=S) groups is 2. The van der Waals surface area contributed by atoms with Crippen LogP contribution in [0.3, 0.4) is 0 Å². The molecular formula is C8H7N2NaS4. The van der Waals surface area contributed by atoms with E-state index >= 15 is 0 Å². The van der Waals surface area contributed by atoms with E-state index < -0.39 is 0 Å². The van der Waals surface area contributed by atoms with E-state index in [1.165, 1.54) is 0 Å². The van der Waals surface area contributed by atoms with Crippen molar-refractivity contribution in [2.45, 2.75) is 0 Å². The third-order valence-electron chi connectivity index (χ3n) is 1.38. The van der Waals surface area contributed by atoms with Crippen LogP contribution in [0.2, 0.25) is 0 Å². The third kappa shape index (κ3) is 6.68. The Morgan fingerprint density at radius 3 is 1.80 bits per heavy atom. The van der Waals surface area contributed by atoms with Crippen molar-refractivity contribution in [2.75, 3.05) is 10.6 Å². The molecule has 0 aromatic heterocycles. The molecule has 0 aliphatic carbocycles. The fraction of sp³-hybridized carbons (Fsp3) is 0. The van der Waals surface area contributed by atoms with Crippen molar-refractivity contribution in [1.29, 1.82) is 0 Å². The fourth-order valence-electron chi connectivity index (χ4n) is 0.878. The van der Waals surface area contributed by atoms with Gasteiger partial charge in [-0.25, -0.2) is 0 Å². The van der Waals surface area contributed by atoms with Crippen LogP contribution in [0.5, 0.6) is 0 Å². The van der Waals surface area contributed by atoms with E-state index in [4.69, 9.17) is 37.1 Å². The summed E-state index contributed by atoms with van der Waals surface area (Å²) in [6.07, 6.45) is 0. The maximum atomic E-state index is 4.78. The van der Waals surface area contributed by atoms with Crippen LogP contribution in [0, 0.1) is 0 Å². The Hall–Kier alpha value is 0.570. The summed E-state index contributed by atoms with van der Waals surface area (Å²) in [6, 6.07) is 7.43. The topological polar surface area (TPSA) is 24.1 Å². The summed E-state index contributed by atoms with van der Waals surface area (Å²) < 4.78 is 0.764. The Labute approximate surface area is 133 Å². The quantitative estimate of drug-likeness (QED) is 0.296. The van der Waals surface area contributed by atoms with Crippen molar-refractivity contribution in [2.24, 2.45) is 0 Å². The zero-order valence-corrected chi connectivity index (χ0v) is 13.3. The van der Waals surface area contributed by atoms with Gasteiger partial charge in [0, 0.05) is 11.4 Å². The third-order valence-corrected chi connectivity index (χ3v) is 1.80. The summed E-state index contributed by atoms with van der Waals surface area (Å²) in [5, 5.41) is 5.75. The van der Waals surface area contributed by atoms with Gasteiger partial charge in [0.2, 0.25) is 0 Å². The normalized spacial score (nSPS) is 8.60. The van der Waals surface area contributed by atoms with Gasteiger partial charge in [-0.3, -0.25) is 0 Å². The zero-order valence-electron chi connectivity index (χ0n) is 7.98. The second-order valence-corrected chi connectivity index (χ2v) is 4.65. The van der Waals surface area contributed by atoms with Crippen molar-refractivity contribution < 1.29 is 29.6 Å². The zero-order chi connectivity index (χ0) is 10.6. The maximum absolute atomic E-state index is 4.78. The standard InChI is InChI=1S/C8H8N2S4.Na/c11-7(12)9-5-1-2-6(4-3-5)10-8(13)14;/h1-4H,(H2,9,11,12)(H2,10,13,14);/q;+1/p-1. The van der Waals surface area contributed by atoms with E-state index in [0.29, 0.717) is 8.64 Å². The van der Waals surface area contributed by atoms with Crippen LogP contribution in [-0.2, 0) is 12.6 Å². The minimum absolute atomic E-state index is 0. The molecule has 0 saturated heterocycles. The van der Waals surface area contributed by atoms with Crippen molar-refractivity contribution in [1.82, 2.24) is 0 Å². The van der Waals surface area contributed by atoms with Crippen LogP contribution >= 0.6 is 37.1 Å². The smallest absolute Gasteiger partial charge is 0.411 e. The molecule has 0 fully saturated rings. The van der Waals surface area contributed by atoms with Crippen molar-refractivity contribution in [3.8, 4) is 0 Å². The molecule has 7 heteroatoms. The largest absolute Gasteiger partial charge is 1.00 e. The summed E-state index contributed by atoms with van der Waals surface area (Å²) in [5.74, 6) is 0. The van der Waals surface area contributed by atoms with Gasteiger partial charge >= 0.3 is 29.6 Å². The Bertz CT molecular complexity index is 317. The predicted octanol–water partition coefficient (Wildman–Crippen LogP) is -0.439. The first kappa shape index (κ1) is 15.6. The molecule has 1 rings (SSSR count). The molecule has 0 saturated carbocycles. The summed E-state index contributed by atoms with van der Waals surface area (Å²) in [7, 11) is 0. The van der Waals surface area contributed by atoms with Crippen LogP contribution in [0.1, 0.15) is 0 Å². The molecular weight excluding hydrogens is 275 g/mol. The van der Waals surface area contributed by atoms with E-state index in [-0.39, 0.29) is 29.6 Å². The van der Waals surface area contributed by atoms with Gasteiger partial charge in [-0.1, -0.05) is 16.5 Å². The monoisotopic (exact) mass is 282 g/mol. The van der Waals surface area contributed by atoms with E-state index in [0.717, 1.165) is 11.4 Å². The molecule has 0 radical (unpaired) electrons. The predicted molar refractivity (Wildman–Crippen MR) is 75.2 cm³/mol. The fourth-order valence-corrected chi connectivity index (χ4v) is 1.36. The van der Waals surface area contributed by atoms with Gasteiger partial charge in [-0.15, -0.1) is 12.6 Å². The molecule has 2 N–H and O–H groups in total. The minimum Gasteiger partial charge on any atom is -0.411 e. The average molecular weight is 282 g/mol. The molecule has 0 atom stereocenters. The number of hydrogen-bond acceptors (Lipinski definition) is 3. The molecule has 0 unspecified atom stereocenters. The van der Waals surface area contributed by atoms with Crippen molar-refractivity contribution in [3.63, 3.8) is 0 Å². The van der Waals surface area contributed by atoms with Gasteiger partial charge in [0.25, 0.3) is 0 Å². The number of nitrogens with one attached hydrogen (secondary N) is 2. The van der Waals surface area contributed by atoms with Crippen LogP contribution in [0.4, 0.5) is 11.4 Å². The first-order valence-corrected chi connectivity index (χ1v) is 5.33. The van der Waals surface area contributed by atoms with Gasteiger partial charge in [0.1, 0.15) is 4.32 Å². The van der Waals surface area contributed by atoms with E-state index in [1.807, 2.05) is 24.3 Å². The first-order valence-electron chi connectivity index (χ1n) is 3.66. The molecule has 74 valence electrons. The summed E-state index contributed by atoms with van der Waals surface area (Å²) in [5.41, 5.74) is 1.74. The SMILES string of the molecule is S=C([S-])Nc1ccc(NC(=S)S)cc1.[Na+]. The molecule has 0 aliphatic rings. The Kier molecular flexibility index (Phi) is 8.08. The molecule has 15 heavy (non-hydrogen) atoms. The summed E-state index contributed by atoms with van der Waals surface area (Å²) >= 11 is 18.2. The van der Waals surface area contributed by atoms with Crippen LogP contribution in [0.25, 0.3) is 0 Å². The van der Waals surface area contributed by atoms with Gasteiger partial charge in [0.15, 0.2) is 0 Å². The van der Waals surface area contributed by atoms with Gasteiger partial charge < -0.3 is 35.5 Å².